The van der Waals surface area contributed by atoms with E-state index in [4.69, 9.17) is 4.74 Å². The van der Waals surface area contributed by atoms with E-state index >= 15 is 0 Å². The summed E-state index contributed by atoms with van der Waals surface area (Å²) in [6, 6.07) is 4.43. The van der Waals surface area contributed by atoms with E-state index in [-0.39, 0.29) is 12.4 Å². The molecule has 0 aromatic carbocycles. The van der Waals surface area contributed by atoms with Gasteiger partial charge >= 0.3 is 0 Å². The first kappa shape index (κ1) is 14.4. The van der Waals surface area contributed by atoms with Gasteiger partial charge in [-0.1, -0.05) is 6.07 Å². The van der Waals surface area contributed by atoms with Gasteiger partial charge in [0.15, 0.2) is 0 Å². The first-order valence-electron chi connectivity index (χ1n) is 4.87. The molecule has 0 radical (unpaired) electrons. The summed E-state index contributed by atoms with van der Waals surface area (Å²) in [5.74, 6) is 0. The van der Waals surface area contributed by atoms with E-state index < -0.39 is 0 Å². The van der Waals surface area contributed by atoms with Crippen LogP contribution < -0.4 is 5.32 Å². The molecule has 1 unspecified atom stereocenters. The van der Waals surface area contributed by atoms with E-state index in [0.29, 0.717) is 6.04 Å². The summed E-state index contributed by atoms with van der Waals surface area (Å²) in [5, 5.41) is 3.38. The largest absolute Gasteiger partial charge is 0.383 e. The quantitative estimate of drug-likeness (QED) is 0.840. The van der Waals surface area contributed by atoms with E-state index in [9.17, 15) is 0 Å². The lowest BCUT2D eigenvalue weighted by atomic mass is 10.2. The lowest BCUT2D eigenvalue weighted by Gasteiger charge is -2.13. The number of pyridine rings is 1. The third kappa shape index (κ3) is 5.11. The van der Waals surface area contributed by atoms with Crippen LogP contribution in [0.25, 0.3) is 0 Å². The van der Waals surface area contributed by atoms with Gasteiger partial charge in [-0.3, -0.25) is 4.98 Å². The molecule has 1 N–H and O–H groups in total. The average Bonchev–Trinajstić information content (AvgIpc) is 2.17. The minimum absolute atomic E-state index is 0. The zero-order valence-electron chi connectivity index (χ0n) is 9.49. The predicted octanol–water partition coefficient (Wildman–Crippen LogP) is 1.94. The molecule has 0 aliphatic heterocycles. The van der Waals surface area contributed by atoms with E-state index in [1.807, 2.05) is 19.2 Å². The van der Waals surface area contributed by atoms with Gasteiger partial charge in [-0.05, 0) is 25.5 Å². The molecule has 0 aliphatic rings. The van der Waals surface area contributed by atoms with Crippen LogP contribution in [-0.2, 0) is 11.3 Å². The number of hydrogen-bond acceptors (Lipinski definition) is 3. The Morgan fingerprint density at radius 2 is 2.27 bits per heavy atom. The highest BCUT2D eigenvalue weighted by Crippen LogP contribution is 2.03. The first-order chi connectivity index (χ1) is 6.74. The van der Waals surface area contributed by atoms with Crippen molar-refractivity contribution in [1.82, 2.24) is 10.3 Å². The summed E-state index contributed by atoms with van der Waals surface area (Å²) >= 11 is 0. The first-order valence-corrected chi connectivity index (χ1v) is 4.87. The molecule has 0 spiro atoms. The third-order valence-electron chi connectivity index (χ3n) is 2.17. The number of nitrogens with zero attached hydrogens (tertiary/aromatic N) is 1. The van der Waals surface area contributed by atoms with E-state index in [2.05, 4.69) is 23.3 Å². The van der Waals surface area contributed by atoms with Crippen molar-refractivity contribution in [2.45, 2.75) is 26.4 Å². The van der Waals surface area contributed by atoms with Gasteiger partial charge in [0.25, 0.3) is 0 Å². The van der Waals surface area contributed by atoms with E-state index in [0.717, 1.165) is 18.8 Å². The van der Waals surface area contributed by atoms with Gasteiger partial charge in [-0.2, -0.15) is 0 Å². The molecule has 1 aromatic rings. The molecule has 4 heteroatoms. The molecule has 86 valence electrons. The Labute approximate surface area is 97.7 Å². The Kier molecular flexibility index (Phi) is 7.30. The van der Waals surface area contributed by atoms with Gasteiger partial charge < -0.3 is 10.1 Å². The van der Waals surface area contributed by atoms with Crippen LogP contribution in [0.2, 0.25) is 0 Å². The summed E-state index contributed by atoms with van der Waals surface area (Å²) in [5.41, 5.74) is 2.33. The van der Waals surface area contributed by atoms with Crippen LogP contribution in [0.5, 0.6) is 0 Å². The van der Waals surface area contributed by atoms with E-state index in [1.54, 1.807) is 7.11 Å². The van der Waals surface area contributed by atoms with Gasteiger partial charge in [0.05, 0.1) is 6.61 Å². The molecule has 1 heterocycles. The highest BCUT2D eigenvalue weighted by atomic mass is 35.5. The van der Waals surface area contributed by atoms with Crippen molar-refractivity contribution in [3.8, 4) is 0 Å². The Bertz CT molecular complexity index is 281. The Hall–Kier alpha value is -0.640. The number of halogens is 1. The molecule has 15 heavy (non-hydrogen) atoms. The van der Waals surface area contributed by atoms with Gasteiger partial charge in [-0.15, -0.1) is 12.4 Å². The highest BCUT2D eigenvalue weighted by molar-refractivity contribution is 5.85. The molecule has 0 fully saturated rings. The van der Waals surface area contributed by atoms with Crippen molar-refractivity contribution in [3.05, 3.63) is 29.6 Å². The van der Waals surface area contributed by atoms with Crippen LogP contribution in [0.3, 0.4) is 0 Å². The van der Waals surface area contributed by atoms with Crippen molar-refractivity contribution in [2.75, 3.05) is 13.7 Å². The number of hydrogen-bond donors (Lipinski definition) is 1. The summed E-state index contributed by atoms with van der Waals surface area (Å²) in [7, 11) is 1.72. The van der Waals surface area contributed by atoms with Crippen LogP contribution in [0, 0.1) is 6.92 Å². The third-order valence-corrected chi connectivity index (χ3v) is 2.17. The standard InChI is InChI=1S/C11H18N2O.ClH/c1-9(8-14-3)13-7-11-5-4-6-12-10(11)2;/h4-6,9,13H,7-8H2,1-3H3;1H. The SMILES string of the molecule is COCC(C)NCc1cccnc1C.Cl. The molecule has 1 rings (SSSR count). The van der Waals surface area contributed by atoms with Crippen molar-refractivity contribution in [1.29, 1.82) is 0 Å². The molecule has 1 atom stereocenters. The van der Waals surface area contributed by atoms with Crippen LogP contribution in [-0.4, -0.2) is 24.7 Å². The summed E-state index contributed by atoms with van der Waals surface area (Å²) in [6.07, 6.45) is 1.82. The minimum atomic E-state index is 0. The van der Waals surface area contributed by atoms with Crippen LogP contribution in [0.1, 0.15) is 18.2 Å². The maximum absolute atomic E-state index is 5.04. The van der Waals surface area contributed by atoms with Gasteiger partial charge in [0.2, 0.25) is 0 Å². The molecule has 0 aliphatic carbocycles. The highest BCUT2D eigenvalue weighted by Gasteiger charge is 2.02. The number of ether oxygens (including phenoxy) is 1. The van der Waals surface area contributed by atoms with Gasteiger partial charge in [0, 0.05) is 31.6 Å². The van der Waals surface area contributed by atoms with Crippen molar-refractivity contribution < 1.29 is 4.74 Å². The maximum atomic E-state index is 5.04. The average molecular weight is 231 g/mol. The van der Waals surface area contributed by atoms with Crippen LogP contribution in [0.4, 0.5) is 0 Å². The molecule has 3 nitrogen and oxygen atoms in total. The second-order valence-electron chi connectivity index (χ2n) is 3.49. The summed E-state index contributed by atoms with van der Waals surface area (Å²) in [4.78, 5) is 4.23. The molecule has 1 aromatic heterocycles. The molecular formula is C11H19ClN2O. The number of nitrogens with one attached hydrogen (secondary N) is 1. The fourth-order valence-corrected chi connectivity index (χ4v) is 1.30. The Morgan fingerprint density at radius 3 is 2.87 bits per heavy atom. The fraction of sp³-hybridized carbons (Fsp3) is 0.545. The predicted molar refractivity (Wildman–Crippen MR) is 64.4 cm³/mol. The fourth-order valence-electron chi connectivity index (χ4n) is 1.30. The Morgan fingerprint density at radius 1 is 1.53 bits per heavy atom. The van der Waals surface area contributed by atoms with Crippen LogP contribution >= 0.6 is 12.4 Å². The lowest BCUT2D eigenvalue weighted by Crippen LogP contribution is -2.29. The number of rotatable bonds is 5. The maximum Gasteiger partial charge on any atom is 0.0613 e. The second kappa shape index (κ2) is 7.63. The van der Waals surface area contributed by atoms with Gasteiger partial charge in [0.1, 0.15) is 0 Å². The number of methoxy groups -OCH3 is 1. The molecule has 0 saturated heterocycles. The monoisotopic (exact) mass is 230 g/mol. The minimum Gasteiger partial charge on any atom is -0.383 e. The van der Waals surface area contributed by atoms with Crippen molar-refractivity contribution in [3.63, 3.8) is 0 Å². The smallest absolute Gasteiger partial charge is 0.0613 e. The van der Waals surface area contributed by atoms with Crippen molar-refractivity contribution in [2.24, 2.45) is 0 Å². The topological polar surface area (TPSA) is 34.1 Å². The van der Waals surface area contributed by atoms with Crippen LogP contribution in [0.15, 0.2) is 18.3 Å². The molecule has 0 saturated carbocycles. The normalized spacial score (nSPS) is 11.9. The number of aryl methyl sites for hydroxylation is 1. The molecule has 0 amide bonds. The van der Waals surface area contributed by atoms with Crippen molar-refractivity contribution >= 4 is 12.4 Å². The zero-order valence-corrected chi connectivity index (χ0v) is 10.3. The molecule has 0 bridgehead atoms. The van der Waals surface area contributed by atoms with E-state index in [1.165, 1.54) is 5.56 Å². The molecular weight excluding hydrogens is 212 g/mol. The second-order valence-corrected chi connectivity index (χ2v) is 3.49. The lowest BCUT2D eigenvalue weighted by molar-refractivity contribution is 0.171. The summed E-state index contributed by atoms with van der Waals surface area (Å²) in [6.45, 7) is 5.72. The Balaban J connectivity index is 0.00000196. The zero-order chi connectivity index (χ0) is 10.4. The summed E-state index contributed by atoms with van der Waals surface area (Å²) < 4.78 is 5.04. The number of aromatic nitrogens is 1. The van der Waals surface area contributed by atoms with Gasteiger partial charge in [-0.25, -0.2) is 0 Å².